The van der Waals surface area contributed by atoms with E-state index in [0.29, 0.717) is 6.42 Å². The van der Waals surface area contributed by atoms with E-state index in [0.717, 1.165) is 44.9 Å². The summed E-state index contributed by atoms with van der Waals surface area (Å²) in [7, 11) is 1.42. The highest BCUT2D eigenvalue weighted by Crippen LogP contribution is 1.98. The SMILES string of the molecule is CCC=CCC=CCC=CCC=CCC=CCC=CCCC(=O)OC. The Morgan fingerprint density at radius 3 is 1.36 bits per heavy atom. The van der Waals surface area contributed by atoms with Crippen molar-refractivity contribution >= 4 is 5.97 Å². The van der Waals surface area contributed by atoms with Gasteiger partial charge in [0.2, 0.25) is 0 Å². The molecule has 25 heavy (non-hydrogen) atoms. The summed E-state index contributed by atoms with van der Waals surface area (Å²) in [5.74, 6) is -0.153. The summed E-state index contributed by atoms with van der Waals surface area (Å²) in [6, 6.07) is 0. The summed E-state index contributed by atoms with van der Waals surface area (Å²) in [5.41, 5.74) is 0. The molecular weight excluding hydrogens is 308 g/mol. The number of hydrogen-bond acceptors (Lipinski definition) is 2. The average molecular weight is 343 g/mol. The molecule has 0 aliphatic rings. The molecule has 0 aromatic rings. The quantitative estimate of drug-likeness (QED) is 0.261. The van der Waals surface area contributed by atoms with Crippen LogP contribution in [0.3, 0.4) is 0 Å². The zero-order chi connectivity index (χ0) is 18.4. The van der Waals surface area contributed by atoms with Crippen LogP contribution in [0.1, 0.15) is 58.3 Å². The molecule has 0 spiro atoms. The van der Waals surface area contributed by atoms with Gasteiger partial charge in [-0.15, -0.1) is 0 Å². The van der Waals surface area contributed by atoms with Crippen molar-refractivity contribution in [1.82, 2.24) is 0 Å². The second-order valence-electron chi connectivity index (χ2n) is 5.53. The molecule has 0 aliphatic heterocycles. The van der Waals surface area contributed by atoms with E-state index in [1.165, 1.54) is 7.11 Å². The Labute approximate surface area is 154 Å². The van der Waals surface area contributed by atoms with Crippen molar-refractivity contribution < 1.29 is 9.53 Å². The van der Waals surface area contributed by atoms with Gasteiger partial charge in [0.1, 0.15) is 0 Å². The summed E-state index contributed by atoms with van der Waals surface area (Å²) < 4.78 is 4.58. The molecule has 0 saturated heterocycles. The van der Waals surface area contributed by atoms with E-state index in [1.807, 2.05) is 6.08 Å². The lowest BCUT2D eigenvalue weighted by atomic mass is 10.2. The van der Waals surface area contributed by atoms with E-state index in [-0.39, 0.29) is 5.97 Å². The van der Waals surface area contributed by atoms with E-state index in [9.17, 15) is 4.79 Å². The fourth-order valence-electron chi connectivity index (χ4n) is 1.94. The van der Waals surface area contributed by atoms with Crippen LogP contribution in [0.4, 0.5) is 0 Å². The van der Waals surface area contributed by atoms with Crippen LogP contribution < -0.4 is 0 Å². The molecular formula is C23H34O2. The van der Waals surface area contributed by atoms with E-state index in [4.69, 9.17) is 0 Å². The number of ether oxygens (including phenoxy) is 1. The third kappa shape index (κ3) is 19.9. The molecule has 0 aromatic carbocycles. The number of rotatable bonds is 14. The van der Waals surface area contributed by atoms with Gasteiger partial charge in [0.15, 0.2) is 0 Å². The molecule has 0 heterocycles. The Morgan fingerprint density at radius 2 is 1.00 bits per heavy atom. The maximum atomic E-state index is 10.9. The Morgan fingerprint density at radius 1 is 0.640 bits per heavy atom. The predicted octanol–water partition coefficient (Wildman–Crippen LogP) is 6.64. The van der Waals surface area contributed by atoms with Gasteiger partial charge in [-0.3, -0.25) is 4.79 Å². The van der Waals surface area contributed by atoms with E-state index >= 15 is 0 Å². The van der Waals surface area contributed by atoms with Crippen molar-refractivity contribution in [2.45, 2.75) is 58.3 Å². The van der Waals surface area contributed by atoms with E-state index in [2.05, 4.69) is 78.5 Å². The largest absolute Gasteiger partial charge is 0.469 e. The van der Waals surface area contributed by atoms with Crippen molar-refractivity contribution in [3.8, 4) is 0 Å². The van der Waals surface area contributed by atoms with Crippen LogP contribution in [0.2, 0.25) is 0 Å². The number of esters is 1. The van der Waals surface area contributed by atoms with E-state index < -0.39 is 0 Å². The first-order valence-corrected chi connectivity index (χ1v) is 9.28. The summed E-state index contributed by atoms with van der Waals surface area (Å²) in [6.45, 7) is 2.15. The molecule has 0 fully saturated rings. The Kier molecular flexibility index (Phi) is 18.3. The van der Waals surface area contributed by atoms with Gasteiger partial charge < -0.3 is 4.74 Å². The second-order valence-corrected chi connectivity index (χ2v) is 5.53. The maximum absolute atomic E-state index is 10.9. The van der Waals surface area contributed by atoms with Crippen LogP contribution in [0, 0.1) is 0 Å². The number of methoxy groups -OCH3 is 1. The molecule has 0 N–H and O–H groups in total. The smallest absolute Gasteiger partial charge is 0.305 e. The van der Waals surface area contributed by atoms with Gasteiger partial charge >= 0.3 is 5.97 Å². The lowest BCUT2D eigenvalue weighted by Gasteiger charge is -1.93. The summed E-state index contributed by atoms with van der Waals surface area (Å²) in [5, 5.41) is 0. The van der Waals surface area contributed by atoms with Gasteiger partial charge in [-0.25, -0.2) is 0 Å². The number of carbonyl (C=O) groups is 1. The first-order chi connectivity index (χ1) is 12.3. The third-order valence-corrected chi connectivity index (χ3v) is 3.34. The maximum Gasteiger partial charge on any atom is 0.305 e. The first kappa shape index (κ1) is 22.9. The fraction of sp³-hybridized carbons (Fsp3) is 0.435. The summed E-state index contributed by atoms with van der Waals surface area (Å²) >= 11 is 0. The van der Waals surface area contributed by atoms with Crippen LogP contribution in [0.5, 0.6) is 0 Å². The lowest BCUT2D eigenvalue weighted by Crippen LogP contribution is -1.97. The van der Waals surface area contributed by atoms with Crippen LogP contribution in [0.15, 0.2) is 72.9 Å². The van der Waals surface area contributed by atoms with Crippen LogP contribution in [-0.2, 0) is 9.53 Å². The standard InChI is InChI=1S/C23H34O2/c1-3-4-5-6-7-8-9-10-11-12-13-14-15-16-17-18-19-20-21-22-23(24)25-2/h4-5,7-8,10-11,13-14,16-17,19-20H,3,6,9,12,15,18,21-22H2,1-2H3. The van der Waals surface area contributed by atoms with Crippen molar-refractivity contribution in [3.63, 3.8) is 0 Å². The average Bonchev–Trinajstić information content (AvgIpc) is 2.63. The van der Waals surface area contributed by atoms with Gasteiger partial charge in [0, 0.05) is 6.42 Å². The molecule has 138 valence electrons. The minimum atomic E-state index is -0.153. The molecule has 0 aromatic heterocycles. The first-order valence-electron chi connectivity index (χ1n) is 9.28. The van der Waals surface area contributed by atoms with Crippen molar-refractivity contribution in [2.75, 3.05) is 7.11 Å². The molecule has 0 saturated carbocycles. The van der Waals surface area contributed by atoms with Crippen LogP contribution in [-0.4, -0.2) is 13.1 Å². The molecule has 0 unspecified atom stereocenters. The Bertz CT molecular complexity index is 476. The Balaban J connectivity index is 3.53. The van der Waals surface area contributed by atoms with Gasteiger partial charge in [-0.05, 0) is 44.9 Å². The lowest BCUT2D eigenvalue weighted by molar-refractivity contribution is -0.140. The molecule has 0 amide bonds. The minimum absolute atomic E-state index is 0.153. The third-order valence-electron chi connectivity index (χ3n) is 3.34. The van der Waals surface area contributed by atoms with Crippen molar-refractivity contribution in [2.24, 2.45) is 0 Å². The van der Waals surface area contributed by atoms with Gasteiger partial charge in [-0.1, -0.05) is 79.8 Å². The molecule has 0 aliphatic carbocycles. The summed E-state index contributed by atoms with van der Waals surface area (Å²) in [6.07, 6.45) is 33.3. The van der Waals surface area contributed by atoms with Crippen molar-refractivity contribution in [1.29, 1.82) is 0 Å². The Hall–Kier alpha value is -2.09. The van der Waals surface area contributed by atoms with E-state index in [1.54, 1.807) is 0 Å². The summed E-state index contributed by atoms with van der Waals surface area (Å²) in [4.78, 5) is 10.9. The van der Waals surface area contributed by atoms with Gasteiger partial charge in [0.25, 0.3) is 0 Å². The number of carbonyl (C=O) groups excluding carboxylic acids is 1. The molecule has 2 heteroatoms. The van der Waals surface area contributed by atoms with Gasteiger partial charge in [0.05, 0.1) is 7.11 Å². The van der Waals surface area contributed by atoms with Crippen molar-refractivity contribution in [3.05, 3.63) is 72.9 Å². The second kappa shape index (κ2) is 20.0. The number of hydrogen-bond donors (Lipinski definition) is 0. The molecule has 0 radical (unpaired) electrons. The minimum Gasteiger partial charge on any atom is -0.469 e. The molecule has 2 nitrogen and oxygen atoms in total. The molecule has 0 bridgehead atoms. The fourth-order valence-corrected chi connectivity index (χ4v) is 1.94. The normalized spacial score (nSPS) is 12.9. The molecule has 0 atom stereocenters. The monoisotopic (exact) mass is 342 g/mol. The molecule has 0 rings (SSSR count). The topological polar surface area (TPSA) is 26.3 Å². The van der Waals surface area contributed by atoms with Crippen LogP contribution in [0.25, 0.3) is 0 Å². The highest BCUT2D eigenvalue weighted by molar-refractivity contribution is 5.69. The zero-order valence-corrected chi connectivity index (χ0v) is 15.9. The zero-order valence-electron chi connectivity index (χ0n) is 15.9. The highest BCUT2D eigenvalue weighted by atomic mass is 16.5. The highest BCUT2D eigenvalue weighted by Gasteiger charge is 1.94. The predicted molar refractivity (Wildman–Crippen MR) is 109 cm³/mol. The van der Waals surface area contributed by atoms with Gasteiger partial charge in [-0.2, -0.15) is 0 Å². The number of allylic oxidation sites excluding steroid dienone is 12. The van der Waals surface area contributed by atoms with Crippen LogP contribution >= 0.6 is 0 Å².